The number of benzene rings is 3. The van der Waals surface area contributed by atoms with E-state index < -0.39 is 17.4 Å². The molecule has 3 amide bonds. The van der Waals surface area contributed by atoms with Crippen molar-refractivity contribution in [1.29, 1.82) is 0 Å². The second-order valence-corrected chi connectivity index (χ2v) is 9.67. The standard InChI is InChI=1S/C29H28FN5O4/c30-23-16-19(15-20(17-23)25(36)34-13-11-24(12-14-34)32-28(38)39)18-35-26(37)29(33-27(35)31,21-7-3-1-4-8-21)22-9-5-2-6-10-22/h1-10,15-17,24,32H,11-14,18H2,(H2,31,33)(H,38,39). The van der Waals surface area contributed by atoms with Crippen molar-refractivity contribution < 1.29 is 23.9 Å². The topological polar surface area (TPSA) is 128 Å². The Morgan fingerprint density at radius 3 is 2.15 bits per heavy atom. The van der Waals surface area contributed by atoms with Gasteiger partial charge in [0.25, 0.3) is 11.8 Å². The molecule has 10 heteroatoms. The summed E-state index contributed by atoms with van der Waals surface area (Å²) in [6.45, 7) is 0.616. The molecular formula is C29H28FN5O4. The minimum atomic E-state index is -1.38. The Morgan fingerprint density at radius 2 is 1.59 bits per heavy atom. The van der Waals surface area contributed by atoms with Gasteiger partial charge in [0.1, 0.15) is 5.82 Å². The fourth-order valence-corrected chi connectivity index (χ4v) is 5.27. The number of halogens is 1. The van der Waals surface area contributed by atoms with Crippen LogP contribution in [0.3, 0.4) is 0 Å². The Kier molecular flexibility index (Phi) is 7.02. The van der Waals surface area contributed by atoms with Gasteiger partial charge in [0.15, 0.2) is 11.5 Å². The number of carbonyl (C=O) groups excluding carboxylic acids is 2. The van der Waals surface area contributed by atoms with Crippen molar-refractivity contribution in [3.05, 3.63) is 107 Å². The van der Waals surface area contributed by atoms with Gasteiger partial charge < -0.3 is 21.1 Å². The van der Waals surface area contributed by atoms with E-state index in [2.05, 4.69) is 10.3 Å². The first-order valence-corrected chi connectivity index (χ1v) is 12.6. The zero-order valence-corrected chi connectivity index (χ0v) is 21.1. The highest BCUT2D eigenvalue weighted by atomic mass is 19.1. The van der Waals surface area contributed by atoms with Crippen LogP contribution in [0.5, 0.6) is 0 Å². The number of carbonyl (C=O) groups is 3. The average Bonchev–Trinajstić information content (AvgIpc) is 3.19. The van der Waals surface area contributed by atoms with Crippen LogP contribution < -0.4 is 11.1 Å². The molecule has 0 unspecified atom stereocenters. The molecule has 0 atom stereocenters. The average molecular weight is 530 g/mol. The lowest BCUT2D eigenvalue weighted by atomic mass is 9.83. The Morgan fingerprint density at radius 1 is 1.00 bits per heavy atom. The quantitative estimate of drug-likeness (QED) is 0.451. The smallest absolute Gasteiger partial charge is 0.404 e. The second kappa shape index (κ2) is 10.6. The number of carboxylic acid groups (broad SMARTS) is 1. The SMILES string of the molecule is NC1=NC(c2ccccc2)(c2ccccc2)C(=O)N1Cc1cc(F)cc(C(=O)N2CCC(NC(=O)O)CC2)c1. The number of nitrogens with one attached hydrogen (secondary N) is 1. The van der Waals surface area contributed by atoms with Gasteiger partial charge in [-0.3, -0.25) is 14.5 Å². The summed E-state index contributed by atoms with van der Waals surface area (Å²) >= 11 is 0. The van der Waals surface area contributed by atoms with E-state index in [0.29, 0.717) is 42.6 Å². The Balaban J connectivity index is 1.39. The number of rotatable bonds is 6. The molecule has 0 radical (unpaired) electrons. The number of likely N-dealkylation sites (tertiary alicyclic amines) is 1. The minimum Gasteiger partial charge on any atom is -0.465 e. The number of piperidine rings is 1. The molecule has 3 aromatic rings. The van der Waals surface area contributed by atoms with E-state index in [1.54, 1.807) is 11.0 Å². The number of guanidine groups is 1. The summed E-state index contributed by atoms with van der Waals surface area (Å²) in [6, 6.07) is 22.0. The molecule has 0 saturated carbocycles. The molecule has 0 bridgehead atoms. The molecule has 5 rings (SSSR count). The number of aliphatic imine (C=N–C) groups is 1. The van der Waals surface area contributed by atoms with Crippen LogP contribution in [0.25, 0.3) is 0 Å². The third-order valence-corrected chi connectivity index (χ3v) is 7.15. The molecule has 1 saturated heterocycles. The minimum absolute atomic E-state index is 0.00199. The molecule has 3 aromatic carbocycles. The van der Waals surface area contributed by atoms with E-state index in [1.807, 2.05) is 60.7 Å². The monoisotopic (exact) mass is 529 g/mol. The van der Waals surface area contributed by atoms with Gasteiger partial charge in [-0.1, -0.05) is 60.7 Å². The van der Waals surface area contributed by atoms with Gasteiger partial charge in [0.2, 0.25) is 0 Å². The zero-order chi connectivity index (χ0) is 27.6. The molecule has 2 heterocycles. The molecule has 200 valence electrons. The van der Waals surface area contributed by atoms with Gasteiger partial charge in [-0.05, 0) is 47.7 Å². The Hall–Kier alpha value is -4.73. The lowest BCUT2D eigenvalue weighted by Crippen LogP contribution is -2.46. The highest BCUT2D eigenvalue weighted by molar-refractivity contribution is 6.09. The molecule has 2 aliphatic rings. The van der Waals surface area contributed by atoms with Gasteiger partial charge in [-0.2, -0.15) is 0 Å². The van der Waals surface area contributed by atoms with Crippen LogP contribution >= 0.6 is 0 Å². The van der Waals surface area contributed by atoms with Crippen LogP contribution in [0.2, 0.25) is 0 Å². The van der Waals surface area contributed by atoms with Crippen molar-refractivity contribution in [2.45, 2.75) is 31.0 Å². The van der Waals surface area contributed by atoms with Gasteiger partial charge in [-0.25, -0.2) is 14.2 Å². The van der Waals surface area contributed by atoms with Crippen LogP contribution in [0.1, 0.15) is 39.9 Å². The van der Waals surface area contributed by atoms with E-state index >= 15 is 0 Å². The van der Waals surface area contributed by atoms with Crippen LogP contribution in [-0.4, -0.2) is 57.9 Å². The maximum absolute atomic E-state index is 14.7. The maximum atomic E-state index is 14.7. The lowest BCUT2D eigenvalue weighted by Gasteiger charge is -2.32. The number of amides is 3. The second-order valence-electron chi connectivity index (χ2n) is 9.67. The molecular weight excluding hydrogens is 501 g/mol. The number of hydrogen-bond donors (Lipinski definition) is 3. The predicted octanol–water partition coefficient (Wildman–Crippen LogP) is 3.30. The fraction of sp³-hybridized carbons (Fsp3) is 0.241. The van der Waals surface area contributed by atoms with Crippen LogP contribution in [0.15, 0.2) is 83.9 Å². The molecule has 9 nitrogen and oxygen atoms in total. The normalized spacial score (nSPS) is 17.2. The summed E-state index contributed by atoms with van der Waals surface area (Å²) in [6.07, 6.45) is -0.162. The van der Waals surface area contributed by atoms with Crippen LogP contribution in [-0.2, 0) is 16.9 Å². The van der Waals surface area contributed by atoms with Gasteiger partial charge in [-0.15, -0.1) is 0 Å². The highest BCUT2D eigenvalue weighted by Gasteiger charge is 2.50. The van der Waals surface area contributed by atoms with Crippen LogP contribution in [0, 0.1) is 5.82 Å². The van der Waals surface area contributed by atoms with Crippen LogP contribution in [0.4, 0.5) is 9.18 Å². The number of nitrogens with zero attached hydrogens (tertiary/aromatic N) is 3. The third-order valence-electron chi connectivity index (χ3n) is 7.15. The molecule has 2 aliphatic heterocycles. The molecule has 1 fully saturated rings. The largest absolute Gasteiger partial charge is 0.465 e. The maximum Gasteiger partial charge on any atom is 0.404 e. The first-order chi connectivity index (χ1) is 18.8. The lowest BCUT2D eigenvalue weighted by molar-refractivity contribution is -0.130. The Bertz CT molecular complexity index is 1380. The molecule has 4 N–H and O–H groups in total. The first kappa shape index (κ1) is 25.9. The third kappa shape index (κ3) is 5.05. The van der Waals surface area contributed by atoms with E-state index in [0.717, 1.165) is 6.07 Å². The van der Waals surface area contributed by atoms with Gasteiger partial charge in [0.05, 0.1) is 6.54 Å². The summed E-state index contributed by atoms with van der Waals surface area (Å²) < 4.78 is 14.7. The van der Waals surface area contributed by atoms with Gasteiger partial charge in [0, 0.05) is 24.7 Å². The molecule has 39 heavy (non-hydrogen) atoms. The Labute approximate surface area is 224 Å². The summed E-state index contributed by atoms with van der Waals surface area (Å²) in [7, 11) is 0. The van der Waals surface area contributed by atoms with E-state index in [-0.39, 0.29) is 35.9 Å². The summed E-state index contributed by atoms with van der Waals surface area (Å²) in [5.74, 6) is -1.35. The molecule has 0 aromatic heterocycles. The predicted molar refractivity (Wildman–Crippen MR) is 142 cm³/mol. The van der Waals surface area contributed by atoms with E-state index in [1.165, 1.54) is 11.0 Å². The van der Waals surface area contributed by atoms with Crippen molar-refractivity contribution in [2.75, 3.05) is 13.1 Å². The summed E-state index contributed by atoms with van der Waals surface area (Å²) in [5, 5.41) is 11.4. The van der Waals surface area contributed by atoms with Gasteiger partial charge >= 0.3 is 6.09 Å². The van der Waals surface area contributed by atoms with Crippen molar-refractivity contribution >= 4 is 23.9 Å². The van der Waals surface area contributed by atoms with Crippen molar-refractivity contribution in [3.8, 4) is 0 Å². The van der Waals surface area contributed by atoms with Crippen molar-refractivity contribution in [1.82, 2.24) is 15.1 Å². The van der Waals surface area contributed by atoms with E-state index in [9.17, 15) is 18.8 Å². The highest BCUT2D eigenvalue weighted by Crippen LogP contribution is 2.40. The van der Waals surface area contributed by atoms with Crippen molar-refractivity contribution in [2.24, 2.45) is 10.7 Å². The summed E-state index contributed by atoms with van der Waals surface area (Å²) in [4.78, 5) is 45.6. The number of hydrogen-bond acceptors (Lipinski definition) is 5. The summed E-state index contributed by atoms with van der Waals surface area (Å²) in [5.41, 5.74) is 6.77. The fourth-order valence-electron chi connectivity index (χ4n) is 5.27. The van der Waals surface area contributed by atoms with E-state index in [4.69, 9.17) is 10.8 Å². The molecule has 0 spiro atoms. The van der Waals surface area contributed by atoms with Crippen molar-refractivity contribution in [3.63, 3.8) is 0 Å². The zero-order valence-electron chi connectivity index (χ0n) is 21.1. The number of nitrogens with two attached hydrogens (primary N) is 1. The molecule has 0 aliphatic carbocycles. The first-order valence-electron chi connectivity index (χ1n) is 12.6.